The van der Waals surface area contributed by atoms with Gasteiger partial charge in [0.1, 0.15) is 23.9 Å². The zero-order valence-electron chi connectivity index (χ0n) is 12.1. The summed E-state index contributed by atoms with van der Waals surface area (Å²) in [5, 5.41) is 3.32. The fourth-order valence-electron chi connectivity index (χ4n) is 1.78. The van der Waals surface area contributed by atoms with Crippen LogP contribution in [-0.4, -0.2) is 6.04 Å². The second kappa shape index (κ2) is 6.57. The molecule has 0 saturated heterocycles. The van der Waals surface area contributed by atoms with Gasteiger partial charge in [0, 0.05) is 18.2 Å². The van der Waals surface area contributed by atoms with Crippen molar-refractivity contribution in [3.63, 3.8) is 0 Å². The Bertz CT molecular complexity index is 563. The van der Waals surface area contributed by atoms with Gasteiger partial charge >= 0.3 is 0 Å². The molecule has 108 valence electrons. The van der Waals surface area contributed by atoms with Gasteiger partial charge in [-0.25, -0.2) is 4.39 Å². The highest BCUT2D eigenvalue weighted by Crippen LogP contribution is 2.18. The van der Waals surface area contributed by atoms with Crippen molar-refractivity contribution in [2.75, 3.05) is 0 Å². The predicted octanol–water partition coefficient (Wildman–Crippen LogP) is 3.80. The van der Waals surface area contributed by atoms with Gasteiger partial charge in [-0.1, -0.05) is 13.8 Å². The smallest absolute Gasteiger partial charge is 0.146 e. The van der Waals surface area contributed by atoms with Crippen molar-refractivity contribution >= 4 is 0 Å². The SMILES string of the molecule is Cc1cc(OCc2cc(CNC(C)C)co2)ccc1F. The number of rotatable bonds is 6. The van der Waals surface area contributed by atoms with Crippen molar-refractivity contribution in [1.82, 2.24) is 5.32 Å². The van der Waals surface area contributed by atoms with Crippen LogP contribution < -0.4 is 10.1 Å². The van der Waals surface area contributed by atoms with Crippen molar-refractivity contribution in [3.8, 4) is 5.75 Å². The number of furan rings is 1. The number of hydrogen-bond acceptors (Lipinski definition) is 3. The molecular formula is C16H20FNO2. The van der Waals surface area contributed by atoms with E-state index in [1.165, 1.54) is 6.07 Å². The molecule has 0 saturated carbocycles. The van der Waals surface area contributed by atoms with E-state index in [2.05, 4.69) is 19.2 Å². The monoisotopic (exact) mass is 277 g/mol. The number of aryl methyl sites for hydroxylation is 1. The lowest BCUT2D eigenvalue weighted by atomic mass is 10.2. The molecule has 1 N–H and O–H groups in total. The fraction of sp³-hybridized carbons (Fsp3) is 0.375. The van der Waals surface area contributed by atoms with Gasteiger partial charge < -0.3 is 14.5 Å². The molecule has 1 aromatic heterocycles. The summed E-state index contributed by atoms with van der Waals surface area (Å²) in [6.45, 7) is 7.02. The van der Waals surface area contributed by atoms with E-state index in [1.54, 1.807) is 25.3 Å². The summed E-state index contributed by atoms with van der Waals surface area (Å²) in [5.41, 5.74) is 1.66. The molecule has 1 aromatic carbocycles. The minimum absolute atomic E-state index is 0.225. The molecule has 20 heavy (non-hydrogen) atoms. The van der Waals surface area contributed by atoms with E-state index in [0.717, 1.165) is 17.9 Å². The first-order valence-electron chi connectivity index (χ1n) is 6.73. The minimum atomic E-state index is -0.225. The van der Waals surface area contributed by atoms with Gasteiger partial charge in [0.25, 0.3) is 0 Å². The van der Waals surface area contributed by atoms with Crippen molar-refractivity contribution in [2.45, 2.75) is 40.0 Å². The molecule has 0 atom stereocenters. The Hall–Kier alpha value is -1.81. The Balaban J connectivity index is 1.89. The molecule has 4 heteroatoms. The maximum Gasteiger partial charge on any atom is 0.146 e. The van der Waals surface area contributed by atoms with E-state index < -0.39 is 0 Å². The molecule has 3 nitrogen and oxygen atoms in total. The third kappa shape index (κ3) is 4.10. The Kier molecular flexibility index (Phi) is 4.79. The predicted molar refractivity (Wildman–Crippen MR) is 76.2 cm³/mol. The summed E-state index contributed by atoms with van der Waals surface area (Å²) in [6.07, 6.45) is 1.73. The van der Waals surface area contributed by atoms with E-state index in [4.69, 9.17) is 9.15 Å². The Morgan fingerprint density at radius 2 is 2.10 bits per heavy atom. The average Bonchev–Trinajstić information content (AvgIpc) is 2.86. The Labute approximate surface area is 118 Å². The zero-order valence-corrected chi connectivity index (χ0v) is 12.1. The van der Waals surface area contributed by atoms with Crippen LogP contribution in [0, 0.1) is 12.7 Å². The van der Waals surface area contributed by atoms with Crippen LogP contribution in [0.25, 0.3) is 0 Å². The lowest BCUT2D eigenvalue weighted by molar-refractivity contribution is 0.270. The first kappa shape index (κ1) is 14.6. The first-order chi connectivity index (χ1) is 9.54. The number of benzene rings is 1. The van der Waals surface area contributed by atoms with Gasteiger partial charge in [0.2, 0.25) is 0 Å². The minimum Gasteiger partial charge on any atom is -0.486 e. The van der Waals surface area contributed by atoms with Crippen molar-refractivity contribution in [2.24, 2.45) is 0 Å². The van der Waals surface area contributed by atoms with Crippen LogP contribution in [0.1, 0.15) is 30.7 Å². The van der Waals surface area contributed by atoms with Crippen LogP contribution in [0.3, 0.4) is 0 Å². The van der Waals surface area contributed by atoms with Gasteiger partial charge in [-0.2, -0.15) is 0 Å². The molecular weight excluding hydrogens is 257 g/mol. The molecule has 2 aromatic rings. The van der Waals surface area contributed by atoms with E-state index in [-0.39, 0.29) is 5.82 Å². The second-order valence-corrected chi connectivity index (χ2v) is 5.16. The van der Waals surface area contributed by atoms with Crippen molar-refractivity contribution < 1.29 is 13.5 Å². The largest absolute Gasteiger partial charge is 0.486 e. The normalized spacial score (nSPS) is 11.1. The van der Waals surface area contributed by atoms with E-state index in [1.807, 2.05) is 6.07 Å². The molecule has 2 rings (SSSR count). The highest BCUT2D eigenvalue weighted by atomic mass is 19.1. The molecule has 0 spiro atoms. The molecule has 0 aliphatic carbocycles. The Morgan fingerprint density at radius 3 is 2.80 bits per heavy atom. The Morgan fingerprint density at radius 1 is 1.30 bits per heavy atom. The van der Waals surface area contributed by atoms with Gasteiger partial charge in [-0.15, -0.1) is 0 Å². The lowest BCUT2D eigenvalue weighted by Crippen LogP contribution is -2.21. The molecule has 0 aliphatic heterocycles. The molecule has 0 amide bonds. The maximum absolute atomic E-state index is 13.1. The molecule has 0 radical (unpaired) electrons. The van der Waals surface area contributed by atoms with Crippen molar-refractivity contribution in [3.05, 3.63) is 53.2 Å². The topological polar surface area (TPSA) is 34.4 Å². The summed E-state index contributed by atoms with van der Waals surface area (Å²) in [5.74, 6) is 1.17. The third-order valence-electron chi connectivity index (χ3n) is 2.93. The highest BCUT2D eigenvalue weighted by molar-refractivity contribution is 5.29. The van der Waals surface area contributed by atoms with E-state index >= 15 is 0 Å². The molecule has 0 aliphatic rings. The van der Waals surface area contributed by atoms with Crippen LogP contribution in [0.2, 0.25) is 0 Å². The number of nitrogens with one attached hydrogen (secondary N) is 1. The van der Waals surface area contributed by atoms with E-state index in [9.17, 15) is 4.39 Å². The lowest BCUT2D eigenvalue weighted by Gasteiger charge is -2.05. The van der Waals surface area contributed by atoms with Gasteiger partial charge in [0.05, 0.1) is 6.26 Å². The van der Waals surface area contributed by atoms with Crippen molar-refractivity contribution in [1.29, 1.82) is 0 Å². The third-order valence-corrected chi connectivity index (χ3v) is 2.93. The summed E-state index contributed by atoms with van der Waals surface area (Å²) >= 11 is 0. The van der Waals surface area contributed by atoms with Gasteiger partial charge in [-0.05, 0) is 36.8 Å². The van der Waals surface area contributed by atoms with E-state index in [0.29, 0.717) is 24.0 Å². The zero-order chi connectivity index (χ0) is 14.5. The van der Waals surface area contributed by atoms with Crippen LogP contribution >= 0.6 is 0 Å². The van der Waals surface area contributed by atoms with Crippen LogP contribution in [0.15, 0.2) is 34.9 Å². The molecule has 1 heterocycles. The maximum atomic E-state index is 13.1. The molecule has 0 fully saturated rings. The fourth-order valence-corrected chi connectivity index (χ4v) is 1.78. The van der Waals surface area contributed by atoms with Gasteiger partial charge in [0.15, 0.2) is 0 Å². The number of hydrogen-bond donors (Lipinski definition) is 1. The van der Waals surface area contributed by atoms with Crippen LogP contribution in [-0.2, 0) is 13.2 Å². The summed E-state index contributed by atoms with van der Waals surface area (Å²) in [4.78, 5) is 0. The molecule has 0 bridgehead atoms. The first-order valence-corrected chi connectivity index (χ1v) is 6.73. The average molecular weight is 277 g/mol. The highest BCUT2D eigenvalue weighted by Gasteiger charge is 2.05. The second-order valence-electron chi connectivity index (χ2n) is 5.16. The summed E-state index contributed by atoms with van der Waals surface area (Å²) in [6, 6.07) is 7.11. The number of halogens is 1. The standard InChI is InChI=1S/C16H20FNO2/c1-11(2)18-8-13-7-15(19-9-13)10-20-14-4-5-16(17)12(3)6-14/h4-7,9,11,18H,8,10H2,1-3H3. The van der Waals surface area contributed by atoms with Crippen LogP contribution in [0.4, 0.5) is 4.39 Å². The van der Waals surface area contributed by atoms with Crippen LogP contribution in [0.5, 0.6) is 5.75 Å². The molecule has 0 unspecified atom stereocenters. The van der Waals surface area contributed by atoms with Gasteiger partial charge in [-0.3, -0.25) is 0 Å². The number of ether oxygens (including phenoxy) is 1. The summed E-state index contributed by atoms with van der Waals surface area (Å²) in [7, 11) is 0. The quantitative estimate of drug-likeness (QED) is 0.872. The summed E-state index contributed by atoms with van der Waals surface area (Å²) < 4.78 is 24.2.